The molecule has 2 aromatic carbocycles. The summed E-state index contributed by atoms with van der Waals surface area (Å²) in [6, 6.07) is 11.9. The molecular weight excluding hydrogens is 344 g/mol. The number of fused-ring (bicyclic) bond motifs is 1. The van der Waals surface area contributed by atoms with Crippen LogP contribution in [0.1, 0.15) is 52.8 Å². The van der Waals surface area contributed by atoms with Crippen LogP contribution in [0.15, 0.2) is 42.5 Å². The van der Waals surface area contributed by atoms with Crippen LogP contribution in [0.4, 0.5) is 5.69 Å². The molecule has 27 heavy (non-hydrogen) atoms. The number of hydrogen-bond acceptors (Lipinski definition) is 4. The lowest BCUT2D eigenvalue weighted by Gasteiger charge is -2.20. The molecule has 138 valence electrons. The number of hydrogen-bond donors (Lipinski definition) is 2. The second-order valence-corrected chi connectivity index (χ2v) is 6.94. The van der Waals surface area contributed by atoms with Gasteiger partial charge < -0.3 is 10.1 Å². The molecule has 0 unspecified atom stereocenters. The molecule has 0 bridgehead atoms. The lowest BCUT2D eigenvalue weighted by Crippen LogP contribution is -2.24. The topological polar surface area (TPSA) is 84.5 Å². The van der Waals surface area contributed by atoms with Crippen LogP contribution in [0.3, 0.4) is 0 Å². The molecule has 0 saturated heterocycles. The molecule has 1 aliphatic carbocycles. The zero-order valence-electron chi connectivity index (χ0n) is 14.8. The summed E-state index contributed by atoms with van der Waals surface area (Å²) in [4.78, 5) is 35.8. The number of amides is 3. The number of carbonyl (C=O) groups excluding carboxylic acids is 3. The van der Waals surface area contributed by atoms with Gasteiger partial charge in [-0.1, -0.05) is 25.3 Å². The van der Waals surface area contributed by atoms with Crippen LogP contribution in [-0.2, 0) is 4.79 Å². The van der Waals surface area contributed by atoms with Gasteiger partial charge in [-0.2, -0.15) is 0 Å². The van der Waals surface area contributed by atoms with Crippen LogP contribution in [0, 0.1) is 5.92 Å². The average Bonchev–Trinajstić information content (AvgIpc) is 2.96. The molecule has 1 aliphatic heterocycles. The van der Waals surface area contributed by atoms with Crippen molar-refractivity contribution in [1.29, 1.82) is 0 Å². The van der Waals surface area contributed by atoms with Crippen molar-refractivity contribution in [2.45, 2.75) is 32.1 Å². The average molecular weight is 364 g/mol. The fourth-order valence-electron chi connectivity index (χ4n) is 3.59. The normalized spacial score (nSPS) is 16.6. The van der Waals surface area contributed by atoms with Crippen LogP contribution < -0.4 is 15.4 Å². The second kappa shape index (κ2) is 7.23. The van der Waals surface area contributed by atoms with Gasteiger partial charge in [0.15, 0.2) is 0 Å². The van der Waals surface area contributed by atoms with E-state index in [1.165, 1.54) is 6.42 Å². The molecule has 0 aromatic heterocycles. The van der Waals surface area contributed by atoms with E-state index in [9.17, 15) is 14.4 Å². The number of benzene rings is 2. The monoisotopic (exact) mass is 364 g/mol. The minimum absolute atomic E-state index is 0.0552. The Kier molecular flexibility index (Phi) is 4.62. The highest BCUT2D eigenvalue weighted by Crippen LogP contribution is 2.29. The smallest absolute Gasteiger partial charge is 0.259 e. The van der Waals surface area contributed by atoms with Gasteiger partial charge in [0.1, 0.15) is 11.5 Å². The zero-order valence-corrected chi connectivity index (χ0v) is 14.8. The van der Waals surface area contributed by atoms with Crippen molar-refractivity contribution >= 4 is 23.4 Å². The van der Waals surface area contributed by atoms with Gasteiger partial charge in [0.25, 0.3) is 11.8 Å². The van der Waals surface area contributed by atoms with Gasteiger partial charge in [0.2, 0.25) is 5.91 Å². The van der Waals surface area contributed by atoms with Crippen LogP contribution in [0.5, 0.6) is 11.5 Å². The summed E-state index contributed by atoms with van der Waals surface area (Å²) in [7, 11) is 0. The van der Waals surface area contributed by atoms with Crippen molar-refractivity contribution in [2.24, 2.45) is 5.92 Å². The molecule has 2 aromatic rings. The minimum atomic E-state index is -0.422. The summed E-state index contributed by atoms with van der Waals surface area (Å²) in [6.07, 6.45) is 5.30. The highest BCUT2D eigenvalue weighted by Gasteiger charge is 2.27. The molecule has 0 radical (unpaired) electrons. The molecule has 1 fully saturated rings. The molecule has 3 amide bonds. The SMILES string of the molecule is O=C1NC(=O)c2cc(Oc3cccc(NC(=O)C4CCCCC4)c3)ccc21. The number of carbonyl (C=O) groups is 3. The molecule has 6 heteroatoms. The zero-order chi connectivity index (χ0) is 18.8. The summed E-state index contributed by atoms with van der Waals surface area (Å²) in [5, 5.41) is 5.22. The van der Waals surface area contributed by atoms with Crippen molar-refractivity contribution in [1.82, 2.24) is 5.32 Å². The second-order valence-electron chi connectivity index (χ2n) is 6.94. The van der Waals surface area contributed by atoms with Crippen molar-refractivity contribution in [2.75, 3.05) is 5.32 Å². The van der Waals surface area contributed by atoms with E-state index in [4.69, 9.17) is 4.74 Å². The van der Waals surface area contributed by atoms with Gasteiger partial charge in [-0.15, -0.1) is 0 Å². The summed E-state index contributed by atoms with van der Waals surface area (Å²) in [6.45, 7) is 0. The van der Waals surface area contributed by atoms with Gasteiger partial charge in [0, 0.05) is 17.7 Å². The number of ether oxygens (including phenoxy) is 1. The van der Waals surface area contributed by atoms with E-state index in [0.717, 1.165) is 25.7 Å². The third-order valence-electron chi connectivity index (χ3n) is 5.02. The predicted molar refractivity (Wildman–Crippen MR) is 100.0 cm³/mol. The maximum Gasteiger partial charge on any atom is 0.259 e. The largest absolute Gasteiger partial charge is 0.457 e. The predicted octanol–water partition coefficient (Wildman–Crippen LogP) is 3.88. The number of rotatable bonds is 4. The van der Waals surface area contributed by atoms with Crippen molar-refractivity contribution < 1.29 is 19.1 Å². The lowest BCUT2D eigenvalue weighted by molar-refractivity contribution is -0.120. The fourth-order valence-corrected chi connectivity index (χ4v) is 3.59. The maximum absolute atomic E-state index is 12.4. The van der Waals surface area contributed by atoms with Crippen molar-refractivity contribution in [3.05, 3.63) is 53.6 Å². The Morgan fingerprint density at radius 3 is 2.48 bits per heavy atom. The molecule has 0 atom stereocenters. The van der Waals surface area contributed by atoms with Gasteiger partial charge in [-0.25, -0.2) is 0 Å². The first-order valence-electron chi connectivity index (χ1n) is 9.19. The first-order valence-corrected chi connectivity index (χ1v) is 9.19. The Morgan fingerprint density at radius 1 is 0.926 bits per heavy atom. The van der Waals surface area contributed by atoms with Gasteiger partial charge in [-0.3, -0.25) is 19.7 Å². The number of imide groups is 1. The Labute approximate surface area is 156 Å². The van der Waals surface area contributed by atoms with Crippen LogP contribution in [-0.4, -0.2) is 17.7 Å². The Hall–Kier alpha value is -3.15. The van der Waals surface area contributed by atoms with E-state index in [1.54, 1.807) is 36.4 Å². The van der Waals surface area contributed by atoms with E-state index in [2.05, 4.69) is 10.6 Å². The van der Waals surface area contributed by atoms with Gasteiger partial charge in [0.05, 0.1) is 11.1 Å². The lowest BCUT2D eigenvalue weighted by atomic mass is 9.88. The quantitative estimate of drug-likeness (QED) is 0.807. The highest BCUT2D eigenvalue weighted by atomic mass is 16.5. The van der Waals surface area contributed by atoms with Crippen LogP contribution >= 0.6 is 0 Å². The van der Waals surface area contributed by atoms with E-state index >= 15 is 0 Å². The van der Waals surface area contributed by atoms with E-state index < -0.39 is 11.8 Å². The highest BCUT2D eigenvalue weighted by molar-refractivity contribution is 6.21. The number of nitrogens with one attached hydrogen (secondary N) is 2. The first kappa shape index (κ1) is 17.3. The molecule has 0 spiro atoms. The van der Waals surface area contributed by atoms with E-state index in [0.29, 0.717) is 28.3 Å². The minimum Gasteiger partial charge on any atom is -0.457 e. The molecule has 6 nitrogen and oxygen atoms in total. The van der Waals surface area contributed by atoms with E-state index in [1.807, 2.05) is 6.07 Å². The van der Waals surface area contributed by atoms with Gasteiger partial charge >= 0.3 is 0 Å². The Balaban J connectivity index is 1.47. The molecule has 4 rings (SSSR count). The molecule has 2 N–H and O–H groups in total. The summed E-state index contributed by atoms with van der Waals surface area (Å²) >= 11 is 0. The van der Waals surface area contributed by atoms with Crippen LogP contribution in [0.25, 0.3) is 0 Å². The first-order chi connectivity index (χ1) is 13.1. The summed E-state index contributed by atoms with van der Waals surface area (Å²) < 4.78 is 5.81. The van der Waals surface area contributed by atoms with Crippen molar-refractivity contribution in [3.8, 4) is 11.5 Å². The van der Waals surface area contributed by atoms with E-state index in [-0.39, 0.29) is 11.8 Å². The third kappa shape index (κ3) is 3.69. The maximum atomic E-state index is 12.4. The molecular formula is C21H20N2O4. The summed E-state index contributed by atoms with van der Waals surface area (Å²) in [5.74, 6) is 0.314. The Bertz CT molecular complexity index is 916. The third-order valence-corrected chi connectivity index (χ3v) is 5.02. The van der Waals surface area contributed by atoms with Crippen molar-refractivity contribution in [3.63, 3.8) is 0 Å². The van der Waals surface area contributed by atoms with Crippen LogP contribution in [0.2, 0.25) is 0 Å². The molecule has 1 heterocycles. The van der Waals surface area contributed by atoms with Gasteiger partial charge in [-0.05, 0) is 43.2 Å². The fraction of sp³-hybridized carbons (Fsp3) is 0.286. The molecule has 1 saturated carbocycles. The standard InChI is InChI=1S/C21H20N2O4/c24-19(13-5-2-1-3-6-13)22-14-7-4-8-15(11-14)27-16-9-10-17-18(12-16)21(26)23-20(17)25/h4,7-13H,1-3,5-6H2,(H,22,24)(H,23,25,26). The molecule has 2 aliphatic rings. The Morgan fingerprint density at radius 2 is 1.67 bits per heavy atom. The summed E-state index contributed by atoms with van der Waals surface area (Å²) in [5.41, 5.74) is 1.33. The number of anilines is 1.